The standard InChI is InChI=1S/C19H17BrF3NO4/c1-28-18(27)15(10-11-3-2-4-14(20)9-11)24-17(26)16(25)12-5-7-13(8-6-12)19(21,22)23/h2-9,15-16,25H,10H2,1H3,(H,24,26)/t15-,16+/m0/s1. The van der Waals surface area contributed by atoms with Crippen LogP contribution in [0.25, 0.3) is 0 Å². The first-order valence-corrected chi connectivity index (χ1v) is 8.89. The molecule has 9 heteroatoms. The monoisotopic (exact) mass is 459 g/mol. The van der Waals surface area contributed by atoms with E-state index in [1.54, 1.807) is 24.3 Å². The lowest BCUT2D eigenvalue weighted by Crippen LogP contribution is -2.45. The van der Waals surface area contributed by atoms with Crippen molar-refractivity contribution in [2.75, 3.05) is 7.11 Å². The van der Waals surface area contributed by atoms with E-state index >= 15 is 0 Å². The summed E-state index contributed by atoms with van der Waals surface area (Å²) in [5.74, 6) is -1.64. The van der Waals surface area contributed by atoms with Crippen molar-refractivity contribution in [2.45, 2.75) is 24.7 Å². The molecule has 2 atom stereocenters. The Kier molecular flexibility index (Phi) is 7.20. The fourth-order valence-electron chi connectivity index (χ4n) is 2.49. The highest BCUT2D eigenvalue weighted by Crippen LogP contribution is 2.30. The Bertz CT molecular complexity index is 840. The van der Waals surface area contributed by atoms with Gasteiger partial charge < -0.3 is 15.2 Å². The van der Waals surface area contributed by atoms with E-state index in [-0.39, 0.29) is 12.0 Å². The second-order valence-electron chi connectivity index (χ2n) is 5.94. The van der Waals surface area contributed by atoms with Crippen molar-refractivity contribution in [3.05, 3.63) is 69.7 Å². The Morgan fingerprint density at radius 2 is 1.82 bits per heavy atom. The van der Waals surface area contributed by atoms with Crippen LogP contribution >= 0.6 is 15.9 Å². The molecule has 5 nitrogen and oxygen atoms in total. The summed E-state index contributed by atoms with van der Waals surface area (Å²) in [6.45, 7) is 0. The molecular formula is C19H17BrF3NO4. The molecule has 0 aromatic heterocycles. The highest BCUT2D eigenvalue weighted by molar-refractivity contribution is 9.10. The van der Waals surface area contributed by atoms with E-state index in [0.29, 0.717) is 0 Å². The molecule has 0 bridgehead atoms. The van der Waals surface area contributed by atoms with Gasteiger partial charge in [-0.25, -0.2) is 4.79 Å². The van der Waals surface area contributed by atoms with Crippen LogP contribution in [-0.4, -0.2) is 30.1 Å². The lowest BCUT2D eigenvalue weighted by atomic mass is 10.0. The van der Waals surface area contributed by atoms with Gasteiger partial charge in [0.25, 0.3) is 5.91 Å². The zero-order chi connectivity index (χ0) is 20.9. The molecule has 28 heavy (non-hydrogen) atoms. The summed E-state index contributed by atoms with van der Waals surface area (Å²) in [5, 5.41) is 12.5. The average molecular weight is 460 g/mol. The number of aliphatic hydroxyl groups excluding tert-OH is 1. The summed E-state index contributed by atoms with van der Waals surface area (Å²) in [4.78, 5) is 24.3. The molecule has 0 saturated heterocycles. The number of amides is 1. The first kappa shape index (κ1) is 21.9. The molecule has 0 aliphatic heterocycles. The summed E-state index contributed by atoms with van der Waals surface area (Å²) in [7, 11) is 1.16. The summed E-state index contributed by atoms with van der Waals surface area (Å²) in [6.07, 6.45) is -6.15. The van der Waals surface area contributed by atoms with E-state index in [1.807, 2.05) is 0 Å². The minimum absolute atomic E-state index is 0.0310. The molecule has 0 aliphatic rings. The number of methoxy groups -OCH3 is 1. The maximum atomic E-state index is 12.6. The number of ether oxygens (including phenoxy) is 1. The van der Waals surface area contributed by atoms with Crippen LogP contribution in [0.2, 0.25) is 0 Å². The van der Waals surface area contributed by atoms with Crippen LogP contribution in [0.4, 0.5) is 13.2 Å². The molecule has 0 unspecified atom stereocenters. The van der Waals surface area contributed by atoms with E-state index in [9.17, 15) is 27.9 Å². The van der Waals surface area contributed by atoms with E-state index in [4.69, 9.17) is 0 Å². The Hall–Kier alpha value is -2.39. The van der Waals surface area contributed by atoms with E-state index in [1.165, 1.54) is 0 Å². The molecule has 0 aliphatic carbocycles. The number of halogens is 4. The smallest absolute Gasteiger partial charge is 0.416 e. The van der Waals surface area contributed by atoms with Gasteiger partial charge in [0, 0.05) is 10.9 Å². The molecule has 2 aromatic rings. The van der Waals surface area contributed by atoms with Crippen LogP contribution in [0, 0.1) is 0 Å². The minimum Gasteiger partial charge on any atom is -0.467 e. The Labute approximate surface area is 167 Å². The number of nitrogens with one attached hydrogen (secondary N) is 1. The molecule has 1 amide bonds. The van der Waals surface area contributed by atoms with Crippen molar-refractivity contribution in [1.29, 1.82) is 0 Å². The van der Waals surface area contributed by atoms with Crippen molar-refractivity contribution in [1.82, 2.24) is 5.32 Å². The van der Waals surface area contributed by atoms with Gasteiger partial charge in [0.2, 0.25) is 0 Å². The molecule has 0 heterocycles. The predicted octanol–water partition coefficient (Wildman–Crippen LogP) is 3.40. The third kappa shape index (κ3) is 5.80. The lowest BCUT2D eigenvalue weighted by Gasteiger charge is -2.19. The molecule has 0 spiro atoms. The van der Waals surface area contributed by atoms with Crippen molar-refractivity contribution in [2.24, 2.45) is 0 Å². The second kappa shape index (κ2) is 9.20. The van der Waals surface area contributed by atoms with E-state index in [0.717, 1.165) is 41.4 Å². The van der Waals surface area contributed by atoms with Crippen LogP contribution in [0.1, 0.15) is 22.8 Å². The zero-order valence-electron chi connectivity index (χ0n) is 14.7. The fourth-order valence-corrected chi connectivity index (χ4v) is 2.94. The number of carbonyl (C=O) groups is 2. The Morgan fingerprint density at radius 3 is 2.36 bits per heavy atom. The molecule has 2 rings (SSSR count). The Balaban J connectivity index is 2.12. The largest absolute Gasteiger partial charge is 0.467 e. The molecule has 150 valence electrons. The summed E-state index contributed by atoms with van der Waals surface area (Å²) >= 11 is 3.31. The highest BCUT2D eigenvalue weighted by Gasteiger charge is 2.31. The first-order chi connectivity index (χ1) is 13.1. The number of esters is 1. The Morgan fingerprint density at radius 1 is 1.18 bits per heavy atom. The third-order valence-electron chi connectivity index (χ3n) is 3.93. The lowest BCUT2D eigenvalue weighted by molar-refractivity contribution is -0.146. The molecule has 0 radical (unpaired) electrons. The average Bonchev–Trinajstić information content (AvgIpc) is 2.65. The van der Waals surface area contributed by atoms with Crippen molar-refractivity contribution >= 4 is 27.8 Å². The maximum Gasteiger partial charge on any atom is 0.416 e. The summed E-state index contributed by atoms with van der Waals surface area (Å²) < 4.78 is 43.3. The zero-order valence-corrected chi connectivity index (χ0v) is 16.3. The maximum absolute atomic E-state index is 12.6. The predicted molar refractivity (Wildman–Crippen MR) is 98.2 cm³/mol. The molecule has 2 aromatic carbocycles. The number of hydrogen-bond acceptors (Lipinski definition) is 4. The molecule has 2 N–H and O–H groups in total. The van der Waals surface area contributed by atoms with Gasteiger partial charge in [-0.1, -0.05) is 40.2 Å². The highest BCUT2D eigenvalue weighted by atomic mass is 79.9. The number of alkyl halides is 3. The van der Waals surface area contributed by atoms with Gasteiger partial charge in [0.15, 0.2) is 6.10 Å². The SMILES string of the molecule is COC(=O)[C@H](Cc1cccc(Br)c1)NC(=O)[C@H](O)c1ccc(C(F)(F)F)cc1. The van der Waals surface area contributed by atoms with Crippen LogP contribution in [0.5, 0.6) is 0 Å². The molecule has 0 saturated carbocycles. The number of hydrogen-bond donors (Lipinski definition) is 2. The van der Waals surface area contributed by atoms with E-state index < -0.39 is 35.8 Å². The van der Waals surface area contributed by atoms with Crippen LogP contribution in [0.3, 0.4) is 0 Å². The summed E-state index contributed by atoms with van der Waals surface area (Å²) in [6, 6.07) is 9.54. The van der Waals surface area contributed by atoms with Crippen molar-refractivity contribution < 1.29 is 32.6 Å². The van der Waals surface area contributed by atoms with Crippen molar-refractivity contribution in [3.8, 4) is 0 Å². The van der Waals surface area contributed by atoms with Crippen LogP contribution in [-0.2, 0) is 26.9 Å². The number of benzene rings is 2. The van der Waals surface area contributed by atoms with Crippen LogP contribution < -0.4 is 5.32 Å². The van der Waals surface area contributed by atoms with E-state index in [2.05, 4.69) is 26.0 Å². The number of carbonyl (C=O) groups excluding carboxylic acids is 2. The minimum atomic E-state index is -4.52. The van der Waals surface area contributed by atoms with Gasteiger partial charge in [0.1, 0.15) is 6.04 Å². The van der Waals surface area contributed by atoms with Crippen LogP contribution in [0.15, 0.2) is 53.0 Å². The first-order valence-electron chi connectivity index (χ1n) is 8.09. The third-order valence-corrected chi connectivity index (χ3v) is 4.43. The van der Waals surface area contributed by atoms with Gasteiger partial charge in [-0.15, -0.1) is 0 Å². The van der Waals surface area contributed by atoms with Gasteiger partial charge in [-0.3, -0.25) is 4.79 Å². The normalized spacial score (nSPS) is 13.5. The number of aliphatic hydroxyl groups is 1. The second-order valence-corrected chi connectivity index (χ2v) is 6.86. The molecular weight excluding hydrogens is 443 g/mol. The van der Waals surface area contributed by atoms with Crippen molar-refractivity contribution in [3.63, 3.8) is 0 Å². The van der Waals surface area contributed by atoms with Gasteiger partial charge in [0.05, 0.1) is 12.7 Å². The van der Waals surface area contributed by atoms with Gasteiger partial charge in [-0.2, -0.15) is 13.2 Å². The number of rotatable bonds is 6. The summed E-state index contributed by atoms with van der Waals surface area (Å²) in [5.41, 5.74) is -0.198. The molecule has 0 fully saturated rings. The van der Waals surface area contributed by atoms with Gasteiger partial charge >= 0.3 is 12.1 Å². The quantitative estimate of drug-likeness (QED) is 0.649. The van der Waals surface area contributed by atoms with Gasteiger partial charge in [-0.05, 0) is 35.4 Å². The topological polar surface area (TPSA) is 75.6 Å². The fraction of sp³-hybridized carbons (Fsp3) is 0.263.